The van der Waals surface area contributed by atoms with Crippen LogP contribution in [0.5, 0.6) is 0 Å². The van der Waals surface area contributed by atoms with Gasteiger partial charge < -0.3 is 10.6 Å². The highest BCUT2D eigenvalue weighted by atomic mass is 35.5. The standard InChI is InChI=1S/C11H12ClN3O2/c1-6-7(12)2-3-8(13)11(6)15-4-9(16)14-10(17)5-15/h2-3H,4-5,13H2,1H3,(H,14,16,17). The summed E-state index contributed by atoms with van der Waals surface area (Å²) >= 11 is 6.01. The third kappa shape index (κ3) is 2.19. The number of hydrogen-bond acceptors (Lipinski definition) is 4. The van der Waals surface area contributed by atoms with E-state index in [2.05, 4.69) is 5.32 Å². The lowest BCUT2D eigenvalue weighted by atomic mass is 10.1. The monoisotopic (exact) mass is 253 g/mol. The first-order valence-corrected chi connectivity index (χ1v) is 5.49. The molecule has 0 radical (unpaired) electrons. The molecule has 0 aromatic heterocycles. The molecule has 90 valence electrons. The summed E-state index contributed by atoms with van der Waals surface area (Å²) in [5, 5.41) is 2.80. The number of halogens is 1. The first-order chi connectivity index (χ1) is 7.99. The van der Waals surface area contributed by atoms with E-state index in [-0.39, 0.29) is 24.9 Å². The summed E-state index contributed by atoms with van der Waals surface area (Å²) in [6.07, 6.45) is 0. The Hall–Kier alpha value is -1.75. The van der Waals surface area contributed by atoms with Crippen molar-refractivity contribution in [1.29, 1.82) is 0 Å². The minimum absolute atomic E-state index is 0.108. The minimum atomic E-state index is -0.333. The number of benzene rings is 1. The maximum atomic E-state index is 11.3. The van der Waals surface area contributed by atoms with E-state index in [0.717, 1.165) is 5.56 Å². The van der Waals surface area contributed by atoms with Gasteiger partial charge in [0.15, 0.2) is 0 Å². The van der Waals surface area contributed by atoms with Crippen LogP contribution < -0.4 is 16.0 Å². The third-order valence-electron chi connectivity index (χ3n) is 2.66. The van der Waals surface area contributed by atoms with E-state index in [1.54, 1.807) is 17.0 Å². The molecular formula is C11H12ClN3O2. The van der Waals surface area contributed by atoms with Crippen molar-refractivity contribution in [2.24, 2.45) is 0 Å². The van der Waals surface area contributed by atoms with Crippen LogP contribution in [0.25, 0.3) is 0 Å². The van der Waals surface area contributed by atoms with Crippen molar-refractivity contribution >= 4 is 34.8 Å². The van der Waals surface area contributed by atoms with Gasteiger partial charge in [-0.25, -0.2) is 0 Å². The van der Waals surface area contributed by atoms with Crippen LogP contribution in [0.3, 0.4) is 0 Å². The lowest BCUT2D eigenvalue weighted by Gasteiger charge is -2.30. The van der Waals surface area contributed by atoms with Gasteiger partial charge in [0, 0.05) is 5.02 Å². The number of rotatable bonds is 1. The van der Waals surface area contributed by atoms with Crippen LogP contribution in [-0.2, 0) is 9.59 Å². The van der Waals surface area contributed by atoms with E-state index < -0.39 is 0 Å². The van der Waals surface area contributed by atoms with Gasteiger partial charge in [-0.15, -0.1) is 0 Å². The Morgan fingerprint density at radius 3 is 2.47 bits per heavy atom. The maximum Gasteiger partial charge on any atom is 0.246 e. The van der Waals surface area contributed by atoms with Crippen LogP contribution >= 0.6 is 11.6 Å². The molecule has 0 aliphatic carbocycles. The van der Waals surface area contributed by atoms with Gasteiger partial charge in [0.25, 0.3) is 0 Å². The fourth-order valence-corrected chi connectivity index (χ4v) is 2.06. The number of anilines is 2. The zero-order valence-corrected chi connectivity index (χ0v) is 10.0. The molecule has 1 aromatic carbocycles. The van der Waals surface area contributed by atoms with E-state index in [9.17, 15) is 9.59 Å². The molecule has 1 aliphatic heterocycles. The smallest absolute Gasteiger partial charge is 0.246 e. The lowest BCUT2D eigenvalue weighted by molar-refractivity contribution is -0.130. The van der Waals surface area contributed by atoms with Gasteiger partial charge >= 0.3 is 0 Å². The predicted octanol–water partition coefficient (Wildman–Crippen LogP) is 0.693. The van der Waals surface area contributed by atoms with E-state index in [0.29, 0.717) is 16.4 Å². The van der Waals surface area contributed by atoms with Gasteiger partial charge in [-0.2, -0.15) is 0 Å². The summed E-state index contributed by atoms with van der Waals surface area (Å²) in [5.74, 6) is -0.667. The third-order valence-corrected chi connectivity index (χ3v) is 3.07. The van der Waals surface area contributed by atoms with Crippen LogP contribution in [-0.4, -0.2) is 24.9 Å². The Bertz CT molecular complexity index is 486. The molecule has 5 nitrogen and oxygen atoms in total. The highest BCUT2D eigenvalue weighted by Crippen LogP contribution is 2.32. The van der Waals surface area contributed by atoms with Crippen molar-refractivity contribution in [3.8, 4) is 0 Å². The van der Waals surface area contributed by atoms with Crippen molar-refractivity contribution in [2.75, 3.05) is 23.7 Å². The largest absolute Gasteiger partial charge is 0.397 e. The van der Waals surface area contributed by atoms with Crippen molar-refractivity contribution in [3.05, 3.63) is 22.7 Å². The Morgan fingerprint density at radius 2 is 1.88 bits per heavy atom. The first kappa shape index (κ1) is 11.7. The van der Waals surface area contributed by atoms with Crippen LogP contribution in [0.4, 0.5) is 11.4 Å². The molecule has 2 amide bonds. The molecule has 17 heavy (non-hydrogen) atoms. The topological polar surface area (TPSA) is 75.4 Å². The molecule has 0 unspecified atom stereocenters. The average Bonchev–Trinajstić information content (AvgIpc) is 2.23. The number of imide groups is 1. The minimum Gasteiger partial charge on any atom is -0.397 e. The molecule has 0 atom stereocenters. The summed E-state index contributed by atoms with van der Waals surface area (Å²) < 4.78 is 0. The number of carbonyl (C=O) groups excluding carboxylic acids is 2. The lowest BCUT2D eigenvalue weighted by Crippen LogP contribution is -2.51. The summed E-state index contributed by atoms with van der Waals surface area (Å²) in [5.41, 5.74) is 7.80. The van der Waals surface area contributed by atoms with Crippen LogP contribution in [0, 0.1) is 6.92 Å². The van der Waals surface area contributed by atoms with E-state index in [1.165, 1.54) is 0 Å². The predicted molar refractivity (Wildman–Crippen MR) is 66.0 cm³/mol. The zero-order chi connectivity index (χ0) is 12.6. The van der Waals surface area contributed by atoms with Gasteiger partial charge in [-0.1, -0.05) is 11.6 Å². The van der Waals surface area contributed by atoms with Crippen molar-refractivity contribution < 1.29 is 9.59 Å². The summed E-state index contributed by atoms with van der Waals surface area (Å²) in [6, 6.07) is 3.36. The quantitative estimate of drug-likeness (QED) is 0.571. The number of carbonyl (C=O) groups is 2. The van der Waals surface area contributed by atoms with Gasteiger partial charge in [-0.3, -0.25) is 14.9 Å². The van der Waals surface area contributed by atoms with Crippen LogP contribution in [0.1, 0.15) is 5.56 Å². The molecule has 3 N–H and O–H groups in total. The maximum absolute atomic E-state index is 11.3. The number of nitrogens with one attached hydrogen (secondary N) is 1. The Kier molecular flexibility index (Phi) is 2.93. The van der Waals surface area contributed by atoms with E-state index >= 15 is 0 Å². The molecular weight excluding hydrogens is 242 g/mol. The van der Waals surface area contributed by atoms with Gasteiger partial charge in [0.2, 0.25) is 11.8 Å². The number of nitrogens with two attached hydrogens (primary N) is 1. The van der Waals surface area contributed by atoms with Crippen molar-refractivity contribution in [2.45, 2.75) is 6.92 Å². The van der Waals surface area contributed by atoms with Crippen molar-refractivity contribution in [1.82, 2.24) is 5.32 Å². The van der Waals surface area contributed by atoms with Gasteiger partial charge in [0.1, 0.15) is 0 Å². The normalized spacial score (nSPS) is 16.0. The second kappa shape index (κ2) is 4.25. The van der Waals surface area contributed by atoms with E-state index in [1.807, 2.05) is 6.92 Å². The number of amides is 2. The Balaban J connectivity index is 2.43. The number of nitrogens with zero attached hydrogens (tertiary/aromatic N) is 1. The zero-order valence-electron chi connectivity index (χ0n) is 9.29. The SMILES string of the molecule is Cc1c(Cl)ccc(N)c1N1CC(=O)NC(=O)C1. The average molecular weight is 254 g/mol. The van der Waals surface area contributed by atoms with Crippen LogP contribution in [0.15, 0.2) is 12.1 Å². The van der Waals surface area contributed by atoms with Gasteiger partial charge in [0.05, 0.1) is 24.5 Å². The molecule has 1 heterocycles. The van der Waals surface area contributed by atoms with Crippen LogP contribution in [0.2, 0.25) is 5.02 Å². The van der Waals surface area contributed by atoms with Gasteiger partial charge in [-0.05, 0) is 24.6 Å². The van der Waals surface area contributed by atoms with E-state index in [4.69, 9.17) is 17.3 Å². The fraction of sp³-hybridized carbons (Fsp3) is 0.273. The van der Waals surface area contributed by atoms with Crippen molar-refractivity contribution in [3.63, 3.8) is 0 Å². The molecule has 1 aliphatic rings. The second-order valence-electron chi connectivity index (χ2n) is 3.94. The number of nitrogen functional groups attached to an aromatic ring is 1. The highest BCUT2D eigenvalue weighted by Gasteiger charge is 2.25. The summed E-state index contributed by atoms with van der Waals surface area (Å²) in [7, 11) is 0. The molecule has 0 saturated carbocycles. The Morgan fingerprint density at radius 1 is 1.29 bits per heavy atom. The Labute approximate surface area is 104 Å². The second-order valence-corrected chi connectivity index (χ2v) is 4.34. The highest BCUT2D eigenvalue weighted by molar-refractivity contribution is 6.32. The number of piperazine rings is 1. The molecule has 1 fully saturated rings. The molecule has 0 bridgehead atoms. The molecule has 6 heteroatoms. The first-order valence-electron chi connectivity index (χ1n) is 5.11. The summed E-state index contributed by atoms with van der Waals surface area (Å²) in [6.45, 7) is 2.03. The molecule has 1 aromatic rings. The molecule has 2 rings (SSSR count). The summed E-state index contributed by atoms with van der Waals surface area (Å²) in [4.78, 5) is 24.3. The fourth-order valence-electron chi connectivity index (χ4n) is 1.91. The molecule has 1 saturated heterocycles. The molecule has 0 spiro atoms. The number of hydrogen-bond donors (Lipinski definition) is 2.